The number of aromatic nitrogens is 2. The van der Waals surface area contributed by atoms with E-state index in [-0.39, 0.29) is 11.6 Å². The lowest BCUT2D eigenvalue weighted by molar-refractivity contribution is -0.135. The average molecular weight is 463 g/mol. The number of hydrogen-bond acceptors (Lipinski definition) is 4. The molecule has 1 aromatic carbocycles. The summed E-state index contributed by atoms with van der Waals surface area (Å²) in [6.45, 7) is 4.43. The Bertz CT molecular complexity index is 878. The SMILES string of the molecule is CCCCCCCc1cnc(C(C(=O)C2CCC(CCCCC)CC2=O)c2ccccc2)nc1. The molecule has 1 aliphatic carbocycles. The Labute approximate surface area is 206 Å². The normalized spacial score (nSPS) is 19.2. The summed E-state index contributed by atoms with van der Waals surface area (Å²) >= 11 is 0. The maximum atomic E-state index is 13.7. The van der Waals surface area contributed by atoms with Crippen LogP contribution in [-0.2, 0) is 16.0 Å². The fourth-order valence-electron chi connectivity index (χ4n) is 5.19. The lowest BCUT2D eigenvalue weighted by Gasteiger charge is -2.29. The Kier molecular flexibility index (Phi) is 10.9. The number of unbranched alkanes of at least 4 members (excludes halogenated alkanes) is 6. The van der Waals surface area contributed by atoms with Gasteiger partial charge in [-0.2, -0.15) is 0 Å². The average Bonchev–Trinajstić information content (AvgIpc) is 2.86. The van der Waals surface area contributed by atoms with E-state index < -0.39 is 11.8 Å². The zero-order valence-electron chi connectivity index (χ0n) is 21.2. The molecule has 0 amide bonds. The molecule has 1 aliphatic rings. The van der Waals surface area contributed by atoms with Crippen molar-refractivity contribution in [2.24, 2.45) is 11.8 Å². The predicted octanol–water partition coefficient (Wildman–Crippen LogP) is 7.26. The van der Waals surface area contributed by atoms with Crippen molar-refractivity contribution in [2.45, 2.75) is 103 Å². The second-order valence-electron chi connectivity index (χ2n) is 10.0. The molecule has 2 aromatic rings. The van der Waals surface area contributed by atoms with E-state index in [2.05, 4.69) is 23.8 Å². The third-order valence-corrected chi connectivity index (χ3v) is 7.27. The Morgan fingerprint density at radius 1 is 0.912 bits per heavy atom. The third kappa shape index (κ3) is 7.58. The lowest BCUT2D eigenvalue weighted by Crippen LogP contribution is -2.35. The molecule has 4 heteroatoms. The van der Waals surface area contributed by atoms with Crippen molar-refractivity contribution in [3.63, 3.8) is 0 Å². The zero-order chi connectivity index (χ0) is 24.2. The van der Waals surface area contributed by atoms with Crippen molar-refractivity contribution in [3.05, 3.63) is 59.7 Å². The molecular formula is C30H42N2O2. The molecule has 3 rings (SSSR count). The van der Waals surface area contributed by atoms with Crippen LogP contribution in [0.5, 0.6) is 0 Å². The van der Waals surface area contributed by atoms with Crippen LogP contribution in [0.3, 0.4) is 0 Å². The fourth-order valence-corrected chi connectivity index (χ4v) is 5.19. The van der Waals surface area contributed by atoms with Gasteiger partial charge in [-0.15, -0.1) is 0 Å². The van der Waals surface area contributed by atoms with Gasteiger partial charge in [-0.3, -0.25) is 9.59 Å². The van der Waals surface area contributed by atoms with Crippen molar-refractivity contribution in [2.75, 3.05) is 0 Å². The van der Waals surface area contributed by atoms with Gasteiger partial charge in [-0.1, -0.05) is 95.5 Å². The molecule has 184 valence electrons. The Morgan fingerprint density at radius 2 is 1.59 bits per heavy atom. The molecule has 1 fully saturated rings. The van der Waals surface area contributed by atoms with Crippen LogP contribution >= 0.6 is 0 Å². The summed E-state index contributed by atoms with van der Waals surface area (Å²) in [4.78, 5) is 36.0. The van der Waals surface area contributed by atoms with E-state index in [1.807, 2.05) is 42.7 Å². The van der Waals surface area contributed by atoms with Crippen LogP contribution in [-0.4, -0.2) is 21.5 Å². The number of aryl methyl sites for hydroxylation is 1. The van der Waals surface area contributed by atoms with Crippen LogP contribution in [0, 0.1) is 11.8 Å². The molecule has 0 aliphatic heterocycles. The number of carbonyl (C=O) groups excluding carboxylic acids is 2. The molecule has 0 saturated heterocycles. The molecule has 0 bridgehead atoms. The Balaban J connectivity index is 1.69. The Morgan fingerprint density at radius 3 is 2.26 bits per heavy atom. The van der Waals surface area contributed by atoms with E-state index in [9.17, 15) is 9.59 Å². The van der Waals surface area contributed by atoms with E-state index in [0.29, 0.717) is 24.6 Å². The van der Waals surface area contributed by atoms with Crippen molar-refractivity contribution in [3.8, 4) is 0 Å². The zero-order valence-corrected chi connectivity index (χ0v) is 21.2. The standard InChI is InChI=1S/C30H42N2O2/c1-3-5-7-8-11-15-24-21-31-30(32-22-24)28(25-16-12-9-13-17-25)29(34)26-19-18-23(20-27(26)33)14-10-6-4-2/h9,12-13,16-17,21-23,26,28H,3-8,10-11,14-15,18-20H2,1-2H3. The molecule has 3 unspecified atom stereocenters. The first kappa shape index (κ1) is 26.2. The molecule has 0 radical (unpaired) electrons. The molecule has 1 saturated carbocycles. The highest BCUT2D eigenvalue weighted by Gasteiger charge is 2.38. The van der Waals surface area contributed by atoms with Gasteiger partial charge >= 0.3 is 0 Å². The number of ketones is 2. The van der Waals surface area contributed by atoms with E-state index in [1.165, 1.54) is 44.9 Å². The van der Waals surface area contributed by atoms with Crippen LogP contribution in [0.25, 0.3) is 0 Å². The van der Waals surface area contributed by atoms with E-state index in [1.54, 1.807) is 0 Å². The molecule has 3 atom stereocenters. The highest BCUT2D eigenvalue weighted by atomic mass is 16.2. The molecule has 4 nitrogen and oxygen atoms in total. The Hall–Kier alpha value is -2.36. The molecular weight excluding hydrogens is 420 g/mol. The number of nitrogens with zero attached hydrogens (tertiary/aromatic N) is 2. The molecule has 1 aromatic heterocycles. The topological polar surface area (TPSA) is 59.9 Å². The number of carbonyl (C=O) groups is 2. The van der Waals surface area contributed by atoms with E-state index >= 15 is 0 Å². The quantitative estimate of drug-likeness (QED) is 0.219. The molecule has 1 heterocycles. The van der Waals surface area contributed by atoms with E-state index in [4.69, 9.17) is 0 Å². The minimum Gasteiger partial charge on any atom is -0.299 e. The van der Waals surface area contributed by atoms with Crippen molar-refractivity contribution >= 4 is 11.6 Å². The lowest BCUT2D eigenvalue weighted by atomic mass is 9.73. The smallest absolute Gasteiger partial charge is 0.158 e. The molecule has 0 N–H and O–H groups in total. The summed E-state index contributed by atoms with van der Waals surface area (Å²) in [7, 11) is 0. The second-order valence-corrected chi connectivity index (χ2v) is 10.0. The maximum Gasteiger partial charge on any atom is 0.158 e. The first-order chi connectivity index (χ1) is 16.6. The fraction of sp³-hybridized carbons (Fsp3) is 0.600. The largest absolute Gasteiger partial charge is 0.299 e. The summed E-state index contributed by atoms with van der Waals surface area (Å²) < 4.78 is 0. The molecule has 0 spiro atoms. The van der Waals surface area contributed by atoms with Gasteiger partial charge in [-0.05, 0) is 42.7 Å². The van der Waals surface area contributed by atoms with Crippen LogP contribution in [0.2, 0.25) is 0 Å². The van der Waals surface area contributed by atoms with Gasteiger partial charge in [-0.25, -0.2) is 9.97 Å². The van der Waals surface area contributed by atoms with Crippen LogP contribution in [0.15, 0.2) is 42.7 Å². The highest BCUT2D eigenvalue weighted by Crippen LogP contribution is 2.35. The summed E-state index contributed by atoms with van der Waals surface area (Å²) in [5, 5.41) is 0. The maximum absolute atomic E-state index is 13.7. The van der Waals surface area contributed by atoms with Crippen LogP contribution in [0.1, 0.15) is 114 Å². The van der Waals surface area contributed by atoms with Crippen LogP contribution < -0.4 is 0 Å². The van der Waals surface area contributed by atoms with Gasteiger partial charge in [0.2, 0.25) is 0 Å². The van der Waals surface area contributed by atoms with Gasteiger partial charge < -0.3 is 0 Å². The van der Waals surface area contributed by atoms with Crippen molar-refractivity contribution in [1.82, 2.24) is 9.97 Å². The number of rotatable bonds is 14. The van der Waals surface area contributed by atoms with Gasteiger partial charge in [0.1, 0.15) is 17.5 Å². The predicted molar refractivity (Wildman–Crippen MR) is 138 cm³/mol. The minimum absolute atomic E-state index is 0.0319. The summed E-state index contributed by atoms with van der Waals surface area (Å²) in [6, 6.07) is 9.72. The highest BCUT2D eigenvalue weighted by molar-refractivity contribution is 6.06. The monoisotopic (exact) mass is 462 g/mol. The van der Waals surface area contributed by atoms with Crippen molar-refractivity contribution < 1.29 is 9.59 Å². The van der Waals surface area contributed by atoms with Gasteiger partial charge in [0.05, 0.1) is 5.92 Å². The first-order valence-corrected chi connectivity index (χ1v) is 13.6. The van der Waals surface area contributed by atoms with Gasteiger partial charge in [0.25, 0.3) is 0 Å². The minimum atomic E-state index is -0.578. The van der Waals surface area contributed by atoms with Crippen molar-refractivity contribution in [1.29, 1.82) is 0 Å². The first-order valence-electron chi connectivity index (χ1n) is 13.6. The van der Waals surface area contributed by atoms with E-state index in [0.717, 1.165) is 36.8 Å². The second kappa shape index (κ2) is 14.1. The summed E-state index contributed by atoms with van der Waals surface area (Å²) in [5.41, 5.74) is 1.99. The number of hydrogen-bond donors (Lipinski definition) is 0. The third-order valence-electron chi connectivity index (χ3n) is 7.27. The summed E-state index contributed by atoms with van der Waals surface area (Å²) in [6.07, 6.45) is 17.7. The van der Waals surface area contributed by atoms with Gasteiger partial charge in [0, 0.05) is 18.8 Å². The van der Waals surface area contributed by atoms with Crippen LogP contribution in [0.4, 0.5) is 0 Å². The van der Waals surface area contributed by atoms with Gasteiger partial charge in [0.15, 0.2) is 5.78 Å². The summed E-state index contributed by atoms with van der Waals surface area (Å²) in [5.74, 6) is -0.0762. The number of benzene rings is 1. The molecule has 34 heavy (non-hydrogen) atoms. The number of Topliss-reactive ketones (excluding diaryl/α,β-unsaturated/α-hetero) is 2.